The zero-order valence-electron chi connectivity index (χ0n) is 13.8. The van der Waals surface area contributed by atoms with Crippen LogP contribution in [0, 0.1) is 0 Å². The predicted molar refractivity (Wildman–Crippen MR) is 97.5 cm³/mol. The molecule has 2 nitrogen and oxygen atoms in total. The van der Waals surface area contributed by atoms with Gasteiger partial charge in [0.1, 0.15) is 0 Å². The number of hydrogen-bond donors (Lipinski definition) is 0. The lowest BCUT2D eigenvalue weighted by molar-refractivity contribution is 0.0873. The van der Waals surface area contributed by atoms with Crippen molar-refractivity contribution in [3.05, 3.63) is 78.0 Å². The van der Waals surface area contributed by atoms with Crippen LogP contribution in [-0.4, -0.2) is 11.7 Å². The fourth-order valence-electron chi connectivity index (χ4n) is 3.01. The molecule has 118 valence electrons. The third-order valence-corrected chi connectivity index (χ3v) is 4.08. The van der Waals surface area contributed by atoms with Gasteiger partial charge in [0.05, 0.1) is 5.52 Å². The maximum atomic E-state index is 5.79. The van der Waals surface area contributed by atoms with Gasteiger partial charge in [0.15, 0.2) is 6.23 Å². The van der Waals surface area contributed by atoms with Crippen LogP contribution in [0.15, 0.2) is 66.7 Å². The molecule has 2 aromatic carbocycles. The van der Waals surface area contributed by atoms with E-state index in [1.807, 2.05) is 6.07 Å². The molecule has 3 aromatic rings. The van der Waals surface area contributed by atoms with E-state index in [4.69, 9.17) is 4.74 Å². The number of rotatable bonds is 6. The van der Waals surface area contributed by atoms with E-state index in [0.717, 1.165) is 12.8 Å². The second-order valence-corrected chi connectivity index (χ2v) is 5.71. The normalized spacial score (nSPS) is 13.0. The average Bonchev–Trinajstić information content (AvgIpc) is 2.95. The van der Waals surface area contributed by atoms with Crippen molar-refractivity contribution in [3.63, 3.8) is 0 Å². The summed E-state index contributed by atoms with van der Waals surface area (Å²) in [6, 6.07) is 21.1. The Morgan fingerprint density at radius 2 is 1.78 bits per heavy atom. The minimum Gasteiger partial charge on any atom is -0.358 e. The summed E-state index contributed by atoms with van der Waals surface area (Å²) in [5, 5.41) is 1.27. The van der Waals surface area contributed by atoms with Gasteiger partial charge in [0, 0.05) is 12.8 Å². The number of hydrogen-bond acceptors (Lipinski definition) is 1. The van der Waals surface area contributed by atoms with E-state index >= 15 is 0 Å². The van der Waals surface area contributed by atoms with Crippen molar-refractivity contribution >= 4 is 17.0 Å². The van der Waals surface area contributed by atoms with Gasteiger partial charge in [-0.15, -0.1) is 0 Å². The lowest BCUT2D eigenvalue weighted by Crippen LogP contribution is -2.11. The second-order valence-electron chi connectivity index (χ2n) is 5.71. The van der Waals surface area contributed by atoms with Crippen LogP contribution in [0.25, 0.3) is 17.0 Å². The van der Waals surface area contributed by atoms with E-state index in [2.05, 4.69) is 78.2 Å². The van der Waals surface area contributed by atoms with Gasteiger partial charge >= 0.3 is 0 Å². The molecule has 1 unspecified atom stereocenters. The van der Waals surface area contributed by atoms with Crippen LogP contribution in [0.5, 0.6) is 0 Å². The number of methoxy groups -OCH3 is 1. The van der Waals surface area contributed by atoms with E-state index in [-0.39, 0.29) is 6.23 Å². The van der Waals surface area contributed by atoms with Crippen LogP contribution in [0.1, 0.15) is 30.8 Å². The topological polar surface area (TPSA) is 14.2 Å². The van der Waals surface area contributed by atoms with E-state index in [1.165, 1.54) is 22.2 Å². The third kappa shape index (κ3) is 3.38. The first-order valence-corrected chi connectivity index (χ1v) is 8.18. The van der Waals surface area contributed by atoms with Crippen molar-refractivity contribution in [2.75, 3.05) is 7.11 Å². The van der Waals surface area contributed by atoms with Crippen LogP contribution >= 0.6 is 0 Å². The Morgan fingerprint density at radius 1 is 1.04 bits per heavy atom. The largest absolute Gasteiger partial charge is 0.358 e. The molecular formula is C21H23NO. The van der Waals surface area contributed by atoms with Gasteiger partial charge in [0.25, 0.3) is 0 Å². The molecule has 0 saturated carbocycles. The summed E-state index contributed by atoms with van der Waals surface area (Å²) < 4.78 is 8.09. The van der Waals surface area contributed by atoms with Gasteiger partial charge in [-0.2, -0.15) is 0 Å². The molecular weight excluding hydrogens is 282 g/mol. The van der Waals surface area contributed by atoms with Gasteiger partial charge in [0.2, 0.25) is 0 Å². The van der Waals surface area contributed by atoms with Crippen molar-refractivity contribution in [1.82, 2.24) is 4.57 Å². The standard InChI is InChI=1S/C21H23NO/c1-3-9-19-16-18-12-7-8-13-20(18)22(19)21(23-2)15-14-17-10-5-4-6-11-17/h4-8,10-16,21H,3,9H2,1-2H3/b15-14+. The van der Waals surface area contributed by atoms with E-state index in [0.29, 0.717) is 0 Å². The number of ether oxygens (including phenoxy) is 1. The summed E-state index contributed by atoms with van der Waals surface area (Å²) in [7, 11) is 1.77. The summed E-state index contributed by atoms with van der Waals surface area (Å²) in [6.07, 6.45) is 6.32. The average molecular weight is 305 g/mol. The minimum atomic E-state index is -0.100. The number of fused-ring (bicyclic) bond motifs is 1. The molecule has 23 heavy (non-hydrogen) atoms. The van der Waals surface area contributed by atoms with Gasteiger partial charge in [-0.1, -0.05) is 68.0 Å². The molecule has 0 aliphatic carbocycles. The van der Waals surface area contributed by atoms with Crippen molar-refractivity contribution in [2.45, 2.75) is 26.0 Å². The molecule has 0 aliphatic rings. The summed E-state index contributed by atoms with van der Waals surface area (Å²) in [4.78, 5) is 0. The fraction of sp³-hybridized carbons (Fsp3) is 0.238. The Labute approximate surface area is 138 Å². The molecule has 0 aliphatic heterocycles. The van der Waals surface area contributed by atoms with Crippen LogP contribution in [0.3, 0.4) is 0 Å². The first-order valence-electron chi connectivity index (χ1n) is 8.18. The lowest BCUT2D eigenvalue weighted by Gasteiger charge is -2.18. The van der Waals surface area contributed by atoms with Crippen molar-refractivity contribution in [3.8, 4) is 0 Å². The SMILES string of the molecule is CCCc1cc2ccccc2n1C(/C=C/c1ccccc1)OC. The quantitative estimate of drug-likeness (QED) is 0.590. The van der Waals surface area contributed by atoms with Crippen molar-refractivity contribution in [2.24, 2.45) is 0 Å². The molecule has 0 amide bonds. The Bertz CT molecular complexity index is 786. The molecule has 2 heteroatoms. The predicted octanol–water partition coefficient (Wildman–Crippen LogP) is 5.45. The third-order valence-electron chi connectivity index (χ3n) is 4.08. The molecule has 0 N–H and O–H groups in total. The van der Waals surface area contributed by atoms with Gasteiger partial charge < -0.3 is 9.30 Å². The Kier molecular flexibility index (Phi) is 4.94. The zero-order chi connectivity index (χ0) is 16.1. The highest BCUT2D eigenvalue weighted by molar-refractivity contribution is 5.81. The lowest BCUT2D eigenvalue weighted by atomic mass is 10.2. The maximum Gasteiger partial charge on any atom is 0.153 e. The molecule has 3 rings (SSSR count). The first kappa shape index (κ1) is 15.6. The molecule has 1 aromatic heterocycles. The van der Waals surface area contributed by atoms with Crippen molar-refractivity contribution < 1.29 is 4.74 Å². The maximum absolute atomic E-state index is 5.79. The number of para-hydroxylation sites is 1. The number of benzene rings is 2. The van der Waals surface area contributed by atoms with E-state index < -0.39 is 0 Å². The number of aromatic nitrogens is 1. The molecule has 1 heterocycles. The highest BCUT2D eigenvalue weighted by atomic mass is 16.5. The summed E-state index contributed by atoms with van der Waals surface area (Å²) in [5.74, 6) is 0. The molecule has 0 saturated heterocycles. The molecule has 0 spiro atoms. The number of nitrogens with zero attached hydrogens (tertiary/aromatic N) is 1. The molecule has 0 bridgehead atoms. The summed E-state index contributed by atoms with van der Waals surface area (Å²) in [6.45, 7) is 2.21. The van der Waals surface area contributed by atoms with Crippen LogP contribution in [0.4, 0.5) is 0 Å². The molecule has 1 atom stereocenters. The van der Waals surface area contributed by atoms with Crippen LogP contribution in [-0.2, 0) is 11.2 Å². The number of aryl methyl sites for hydroxylation is 1. The first-order chi connectivity index (χ1) is 11.3. The monoisotopic (exact) mass is 305 g/mol. The van der Waals surface area contributed by atoms with Gasteiger partial charge in [-0.05, 0) is 35.6 Å². The molecule has 0 fully saturated rings. The Morgan fingerprint density at radius 3 is 2.52 bits per heavy atom. The van der Waals surface area contributed by atoms with Crippen molar-refractivity contribution in [1.29, 1.82) is 0 Å². The zero-order valence-corrected chi connectivity index (χ0v) is 13.8. The summed E-state index contributed by atoms with van der Waals surface area (Å²) in [5.41, 5.74) is 3.72. The van der Waals surface area contributed by atoms with E-state index in [1.54, 1.807) is 7.11 Å². The summed E-state index contributed by atoms with van der Waals surface area (Å²) >= 11 is 0. The van der Waals surface area contributed by atoms with E-state index in [9.17, 15) is 0 Å². The van der Waals surface area contributed by atoms with Gasteiger partial charge in [-0.3, -0.25) is 0 Å². The van der Waals surface area contributed by atoms with Crippen LogP contribution in [0.2, 0.25) is 0 Å². The Hall–Kier alpha value is -2.32. The second kappa shape index (κ2) is 7.30. The fourth-order valence-corrected chi connectivity index (χ4v) is 3.01. The smallest absolute Gasteiger partial charge is 0.153 e. The highest BCUT2D eigenvalue weighted by Gasteiger charge is 2.14. The highest BCUT2D eigenvalue weighted by Crippen LogP contribution is 2.26. The van der Waals surface area contributed by atoms with Crippen LogP contribution < -0.4 is 0 Å². The molecule has 0 radical (unpaired) electrons. The minimum absolute atomic E-state index is 0.100. The van der Waals surface area contributed by atoms with Gasteiger partial charge in [-0.25, -0.2) is 0 Å². The Balaban J connectivity index is 2.01.